The first-order valence-corrected chi connectivity index (χ1v) is 6.41. The fourth-order valence-electron chi connectivity index (χ4n) is 1.13. The molecule has 1 aromatic heterocycles. The molecule has 0 radical (unpaired) electrons. The van der Waals surface area contributed by atoms with Crippen LogP contribution in [0.5, 0.6) is 0 Å². The van der Waals surface area contributed by atoms with E-state index in [-0.39, 0.29) is 18.0 Å². The highest BCUT2D eigenvalue weighted by Crippen LogP contribution is 2.17. The van der Waals surface area contributed by atoms with Crippen LogP contribution in [-0.4, -0.2) is 41.8 Å². The Labute approximate surface area is 107 Å². The summed E-state index contributed by atoms with van der Waals surface area (Å²) in [6, 6.07) is 0. The fourth-order valence-corrected chi connectivity index (χ4v) is 1.47. The van der Waals surface area contributed by atoms with E-state index in [1.165, 1.54) is 18.0 Å². The Hall–Kier alpha value is -1.44. The lowest BCUT2D eigenvalue weighted by molar-refractivity contribution is 0.0526. The normalized spacial score (nSPS) is 10.5. The zero-order valence-electron chi connectivity index (χ0n) is 9.94. The Morgan fingerprint density at radius 2 is 2.33 bits per heavy atom. The Morgan fingerprint density at radius 3 is 2.89 bits per heavy atom. The van der Waals surface area contributed by atoms with Gasteiger partial charge in [0.2, 0.25) is 0 Å². The molecule has 5 nitrogen and oxygen atoms in total. The highest BCUT2D eigenvalue weighted by Gasteiger charge is 2.16. The second-order valence-electron chi connectivity index (χ2n) is 3.11. The quantitative estimate of drug-likeness (QED) is 0.488. The molecule has 1 heterocycles. The van der Waals surface area contributed by atoms with Crippen LogP contribution in [0.1, 0.15) is 17.3 Å². The van der Waals surface area contributed by atoms with E-state index in [1.807, 2.05) is 0 Å². The lowest BCUT2D eigenvalue weighted by atomic mass is 10.3. The lowest BCUT2D eigenvalue weighted by Gasteiger charge is -2.10. The predicted molar refractivity (Wildman–Crippen MR) is 64.3 cm³/mol. The Kier molecular flexibility index (Phi) is 5.76. The first kappa shape index (κ1) is 14.6. The molecule has 0 bridgehead atoms. The van der Waals surface area contributed by atoms with Crippen LogP contribution in [0.3, 0.4) is 0 Å². The second kappa shape index (κ2) is 7.10. The second-order valence-corrected chi connectivity index (χ2v) is 3.88. The summed E-state index contributed by atoms with van der Waals surface area (Å²) in [4.78, 5) is 19.5. The van der Waals surface area contributed by atoms with Gasteiger partial charge in [-0.2, -0.15) is 0 Å². The van der Waals surface area contributed by atoms with Crippen molar-refractivity contribution in [3.8, 4) is 0 Å². The monoisotopic (exact) mass is 277 g/mol. The van der Waals surface area contributed by atoms with Crippen LogP contribution in [0.2, 0.25) is 0 Å². The van der Waals surface area contributed by atoms with E-state index < -0.39 is 18.9 Å². The van der Waals surface area contributed by atoms with Crippen molar-refractivity contribution in [1.29, 1.82) is 0 Å². The predicted octanol–water partition coefficient (Wildman–Crippen LogP) is 2.05. The average Bonchev–Trinajstić information content (AvgIpc) is 2.36. The Morgan fingerprint density at radius 1 is 1.61 bits per heavy atom. The zero-order valence-corrected chi connectivity index (χ0v) is 10.8. The molecule has 0 aromatic carbocycles. The summed E-state index contributed by atoms with van der Waals surface area (Å²) in [6.45, 7) is 1.26. The van der Waals surface area contributed by atoms with Gasteiger partial charge in [-0.3, -0.25) is 0 Å². The van der Waals surface area contributed by atoms with Gasteiger partial charge in [-0.05, 0) is 13.2 Å². The highest BCUT2D eigenvalue weighted by molar-refractivity contribution is 7.98. The molecule has 100 valence electrons. The number of carbonyl (C=O) groups is 1. The topological polar surface area (TPSA) is 64.1 Å². The third-order valence-corrected chi connectivity index (χ3v) is 2.43. The Bertz CT molecular complexity index is 418. The Balaban J connectivity index is 2.96. The summed E-state index contributed by atoms with van der Waals surface area (Å²) in [5.74, 6) is -0.574. The van der Waals surface area contributed by atoms with E-state index in [0.717, 1.165) is 0 Å². The zero-order chi connectivity index (χ0) is 13.5. The molecule has 0 aliphatic heterocycles. The molecule has 18 heavy (non-hydrogen) atoms. The number of esters is 1. The summed E-state index contributed by atoms with van der Waals surface area (Å²) in [5, 5.41) is 2.80. The first-order valence-electron chi connectivity index (χ1n) is 5.18. The van der Waals surface area contributed by atoms with Crippen molar-refractivity contribution in [2.75, 3.05) is 24.7 Å². The van der Waals surface area contributed by atoms with E-state index in [2.05, 4.69) is 15.3 Å². The van der Waals surface area contributed by atoms with E-state index in [1.54, 1.807) is 13.2 Å². The van der Waals surface area contributed by atoms with Crippen molar-refractivity contribution >= 4 is 23.5 Å². The lowest BCUT2D eigenvalue weighted by Crippen LogP contribution is -2.16. The van der Waals surface area contributed by atoms with Gasteiger partial charge in [0.1, 0.15) is 11.4 Å². The number of rotatable bonds is 6. The molecule has 0 unspecified atom stereocenters. The smallest absolute Gasteiger partial charge is 0.343 e. The molecule has 0 aliphatic carbocycles. The molecule has 1 rings (SSSR count). The van der Waals surface area contributed by atoms with Gasteiger partial charge in [0.05, 0.1) is 13.2 Å². The summed E-state index contributed by atoms with van der Waals surface area (Å²) < 4.78 is 29.1. The minimum Gasteiger partial charge on any atom is -0.462 e. The van der Waals surface area contributed by atoms with Crippen LogP contribution in [0.15, 0.2) is 11.4 Å². The molecule has 0 atom stereocenters. The molecule has 0 amide bonds. The molecule has 0 aliphatic rings. The molecule has 8 heteroatoms. The number of halogens is 2. The molecular formula is C10H13F2N3O2S. The number of aromatic nitrogens is 2. The van der Waals surface area contributed by atoms with E-state index in [0.29, 0.717) is 5.16 Å². The number of thioether (sulfide) groups is 1. The van der Waals surface area contributed by atoms with Gasteiger partial charge in [0.15, 0.2) is 5.16 Å². The number of carbonyl (C=O) groups excluding carboxylic acids is 1. The molecule has 0 fully saturated rings. The van der Waals surface area contributed by atoms with Crippen molar-refractivity contribution in [3.05, 3.63) is 11.8 Å². The first-order chi connectivity index (χ1) is 8.58. The number of hydrogen-bond acceptors (Lipinski definition) is 6. The summed E-state index contributed by atoms with van der Waals surface area (Å²) >= 11 is 1.25. The molecule has 1 aromatic rings. The molecule has 0 saturated carbocycles. The van der Waals surface area contributed by atoms with Gasteiger partial charge in [-0.15, -0.1) is 0 Å². The maximum absolute atomic E-state index is 12.2. The van der Waals surface area contributed by atoms with Crippen LogP contribution < -0.4 is 5.32 Å². The van der Waals surface area contributed by atoms with Gasteiger partial charge in [0.25, 0.3) is 6.43 Å². The maximum Gasteiger partial charge on any atom is 0.343 e. The molecule has 0 spiro atoms. The van der Waals surface area contributed by atoms with E-state index >= 15 is 0 Å². The molecule has 1 N–H and O–H groups in total. The van der Waals surface area contributed by atoms with Crippen LogP contribution in [0, 0.1) is 0 Å². The number of nitrogens with one attached hydrogen (secondary N) is 1. The number of anilines is 1. The van der Waals surface area contributed by atoms with Crippen LogP contribution in [-0.2, 0) is 4.74 Å². The summed E-state index contributed by atoms with van der Waals surface area (Å²) in [6.07, 6.45) is 0.480. The SMILES string of the molecule is CCOC(=O)c1cnc(SC)nc1NCC(F)F. The summed E-state index contributed by atoms with van der Waals surface area (Å²) in [7, 11) is 0. The number of hydrogen-bond donors (Lipinski definition) is 1. The van der Waals surface area contributed by atoms with Crippen molar-refractivity contribution in [2.45, 2.75) is 18.5 Å². The van der Waals surface area contributed by atoms with Gasteiger partial charge < -0.3 is 10.1 Å². The standard InChI is InChI=1S/C10H13F2N3O2S/c1-3-17-9(16)6-4-14-10(18-2)15-8(6)13-5-7(11)12/h4,7H,3,5H2,1-2H3,(H,13,14,15). The van der Waals surface area contributed by atoms with Gasteiger partial charge in [0, 0.05) is 6.20 Å². The number of alkyl halides is 2. The van der Waals surface area contributed by atoms with Crippen molar-refractivity contribution in [2.24, 2.45) is 0 Å². The largest absolute Gasteiger partial charge is 0.462 e. The minimum atomic E-state index is -2.53. The van der Waals surface area contributed by atoms with Crippen LogP contribution in [0.25, 0.3) is 0 Å². The highest BCUT2D eigenvalue weighted by atomic mass is 32.2. The third-order valence-electron chi connectivity index (χ3n) is 1.87. The van der Waals surface area contributed by atoms with Crippen LogP contribution >= 0.6 is 11.8 Å². The summed E-state index contributed by atoms with van der Waals surface area (Å²) in [5.41, 5.74) is 0.0512. The maximum atomic E-state index is 12.2. The number of nitrogens with zero attached hydrogens (tertiary/aromatic N) is 2. The molecular weight excluding hydrogens is 264 g/mol. The minimum absolute atomic E-state index is 0.0512. The van der Waals surface area contributed by atoms with Gasteiger partial charge >= 0.3 is 5.97 Å². The van der Waals surface area contributed by atoms with E-state index in [9.17, 15) is 13.6 Å². The van der Waals surface area contributed by atoms with Crippen molar-refractivity contribution in [3.63, 3.8) is 0 Å². The average molecular weight is 277 g/mol. The van der Waals surface area contributed by atoms with Crippen molar-refractivity contribution < 1.29 is 18.3 Å². The van der Waals surface area contributed by atoms with Crippen LogP contribution in [0.4, 0.5) is 14.6 Å². The number of ether oxygens (including phenoxy) is 1. The van der Waals surface area contributed by atoms with Gasteiger partial charge in [-0.25, -0.2) is 23.5 Å². The third kappa shape index (κ3) is 4.10. The molecule has 0 saturated heterocycles. The fraction of sp³-hybridized carbons (Fsp3) is 0.500. The van der Waals surface area contributed by atoms with Crippen molar-refractivity contribution in [1.82, 2.24) is 9.97 Å². The van der Waals surface area contributed by atoms with E-state index in [4.69, 9.17) is 4.74 Å². The van der Waals surface area contributed by atoms with Gasteiger partial charge in [-0.1, -0.05) is 11.8 Å².